The van der Waals surface area contributed by atoms with Gasteiger partial charge >= 0.3 is 6.03 Å². The molecule has 3 fully saturated rings. The molecule has 31 heavy (non-hydrogen) atoms. The number of piperidine rings is 3. The molecular weight excluding hydrogens is 382 g/mol. The fraction of sp³-hybridized carbons (Fsp3) is 0.296. The zero-order valence-electron chi connectivity index (χ0n) is 17.7. The van der Waals surface area contributed by atoms with Gasteiger partial charge in [0, 0.05) is 23.7 Å². The number of nitrogens with zero attached hydrogens (tertiary/aromatic N) is 1. The Bertz CT molecular complexity index is 945. The van der Waals surface area contributed by atoms with Gasteiger partial charge in [-0.3, -0.25) is 4.90 Å². The molecule has 3 aromatic rings. The van der Waals surface area contributed by atoms with E-state index < -0.39 is 0 Å². The molecule has 2 bridgehead atoms. The number of urea groups is 1. The molecule has 0 unspecified atom stereocenters. The number of carbonyl (C=O) groups excluding carboxylic acids is 1. The van der Waals surface area contributed by atoms with Gasteiger partial charge in [-0.25, -0.2) is 4.79 Å². The molecule has 0 saturated carbocycles. The lowest BCUT2D eigenvalue weighted by Crippen LogP contribution is -2.65. The van der Waals surface area contributed by atoms with Crippen LogP contribution < -0.4 is 10.6 Å². The third-order valence-electron chi connectivity index (χ3n) is 6.86. The summed E-state index contributed by atoms with van der Waals surface area (Å²) in [7, 11) is 0. The Labute approximate surface area is 184 Å². The minimum atomic E-state index is -0.116. The highest BCUT2D eigenvalue weighted by Gasteiger charge is 2.47. The summed E-state index contributed by atoms with van der Waals surface area (Å²) in [4.78, 5) is 15.6. The van der Waals surface area contributed by atoms with Crippen molar-refractivity contribution >= 4 is 11.7 Å². The van der Waals surface area contributed by atoms with Gasteiger partial charge in [-0.2, -0.15) is 0 Å². The smallest absolute Gasteiger partial charge is 0.319 e. The normalized spacial score (nSPS) is 24.7. The maximum atomic E-state index is 13.0. The number of hydrogen-bond donors (Lipinski definition) is 2. The first-order valence-electron chi connectivity index (χ1n) is 11.3. The summed E-state index contributed by atoms with van der Waals surface area (Å²) in [5.41, 5.74) is 3.43. The van der Waals surface area contributed by atoms with Crippen molar-refractivity contribution in [2.45, 2.75) is 30.8 Å². The van der Waals surface area contributed by atoms with E-state index in [9.17, 15) is 4.79 Å². The summed E-state index contributed by atoms with van der Waals surface area (Å²) in [6.45, 7) is 2.20. The number of hydrogen-bond acceptors (Lipinski definition) is 2. The number of anilines is 1. The molecule has 3 heterocycles. The summed E-state index contributed by atoms with van der Waals surface area (Å²) in [5.74, 6) is 0.721. The van der Waals surface area contributed by atoms with Gasteiger partial charge in [-0.05, 0) is 55.1 Å². The zero-order chi connectivity index (χ0) is 21.0. The fourth-order valence-corrected chi connectivity index (χ4v) is 5.45. The second kappa shape index (κ2) is 8.94. The molecule has 158 valence electrons. The number of fused-ring (bicyclic) bond motifs is 3. The summed E-state index contributed by atoms with van der Waals surface area (Å²) < 4.78 is 0. The van der Waals surface area contributed by atoms with Crippen molar-refractivity contribution < 1.29 is 4.79 Å². The quantitative estimate of drug-likeness (QED) is 0.613. The lowest BCUT2D eigenvalue weighted by molar-refractivity contribution is 0.0104. The summed E-state index contributed by atoms with van der Waals surface area (Å²) in [6, 6.07) is 31.4. The Morgan fingerprint density at radius 2 is 1.29 bits per heavy atom. The topological polar surface area (TPSA) is 44.4 Å². The molecule has 0 aromatic heterocycles. The Balaban J connectivity index is 1.47. The number of carbonyl (C=O) groups is 1. The Hall–Kier alpha value is -3.11. The largest absolute Gasteiger partial charge is 0.333 e. The first-order chi connectivity index (χ1) is 15.3. The number of para-hydroxylation sites is 1. The summed E-state index contributed by atoms with van der Waals surface area (Å²) >= 11 is 0. The van der Waals surface area contributed by atoms with Crippen LogP contribution in [0, 0.1) is 5.92 Å². The van der Waals surface area contributed by atoms with Crippen LogP contribution in [0.25, 0.3) is 0 Å². The second-order valence-electron chi connectivity index (χ2n) is 8.65. The molecule has 4 heteroatoms. The van der Waals surface area contributed by atoms with E-state index in [-0.39, 0.29) is 24.0 Å². The van der Waals surface area contributed by atoms with Gasteiger partial charge < -0.3 is 10.6 Å². The van der Waals surface area contributed by atoms with Gasteiger partial charge in [-0.15, -0.1) is 0 Å². The number of rotatable bonds is 5. The molecule has 2 atom stereocenters. The van der Waals surface area contributed by atoms with Crippen LogP contribution in [-0.2, 0) is 0 Å². The highest BCUT2D eigenvalue weighted by molar-refractivity contribution is 5.89. The van der Waals surface area contributed by atoms with Gasteiger partial charge in [0.25, 0.3) is 0 Å². The van der Waals surface area contributed by atoms with Crippen molar-refractivity contribution in [2.75, 3.05) is 18.4 Å². The van der Waals surface area contributed by atoms with E-state index in [4.69, 9.17) is 0 Å². The van der Waals surface area contributed by atoms with E-state index in [1.807, 2.05) is 30.3 Å². The van der Waals surface area contributed by atoms with Crippen LogP contribution >= 0.6 is 0 Å². The first-order valence-corrected chi connectivity index (χ1v) is 11.3. The summed E-state index contributed by atoms with van der Waals surface area (Å²) in [5, 5.41) is 6.40. The highest BCUT2D eigenvalue weighted by Crippen LogP contribution is 2.42. The van der Waals surface area contributed by atoms with Crippen molar-refractivity contribution in [1.29, 1.82) is 0 Å². The van der Waals surface area contributed by atoms with Crippen LogP contribution in [-0.4, -0.2) is 36.1 Å². The van der Waals surface area contributed by atoms with Gasteiger partial charge in [0.05, 0.1) is 0 Å². The van der Waals surface area contributed by atoms with Crippen molar-refractivity contribution in [1.82, 2.24) is 10.2 Å². The van der Waals surface area contributed by atoms with Crippen LogP contribution in [0.4, 0.5) is 10.5 Å². The minimum Gasteiger partial charge on any atom is -0.333 e. The molecule has 3 aromatic carbocycles. The van der Waals surface area contributed by atoms with Crippen LogP contribution in [0.1, 0.15) is 29.9 Å². The molecule has 3 aliphatic heterocycles. The molecular formula is C27H29N3O. The van der Waals surface area contributed by atoms with E-state index in [1.54, 1.807) is 0 Å². The van der Waals surface area contributed by atoms with Crippen molar-refractivity contribution in [3.8, 4) is 0 Å². The molecule has 3 aliphatic rings. The number of nitrogens with one attached hydrogen (secondary N) is 2. The van der Waals surface area contributed by atoms with E-state index >= 15 is 0 Å². The molecule has 6 rings (SSSR count). The predicted molar refractivity (Wildman–Crippen MR) is 125 cm³/mol. The summed E-state index contributed by atoms with van der Waals surface area (Å²) in [6.07, 6.45) is 2.28. The molecule has 0 spiro atoms. The van der Waals surface area contributed by atoms with Crippen molar-refractivity contribution in [3.05, 3.63) is 102 Å². The van der Waals surface area contributed by atoms with Gasteiger partial charge in [-0.1, -0.05) is 78.9 Å². The highest BCUT2D eigenvalue weighted by atomic mass is 16.2. The Morgan fingerprint density at radius 1 is 0.774 bits per heavy atom. The Morgan fingerprint density at radius 3 is 1.84 bits per heavy atom. The number of benzene rings is 3. The van der Waals surface area contributed by atoms with Crippen LogP contribution in [0.15, 0.2) is 91.0 Å². The van der Waals surface area contributed by atoms with Crippen molar-refractivity contribution in [2.24, 2.45) is 5.92 Å². The van der Waals surface area contributed by atoms with Gasteiger partial charge in [0.1, 0.15) is 0 Å². The Kier molecular flexibility index (Phi) is 5.72. The average Bonchev–Trinajstić information content (AvgIpc) is 2.83. The second-order valence-corrected chi connectivity index (χ2v) is 8.65. The minimum absolute atomic E-state index is 0.108. The predicted octanol–water partition coefficient (Wildman–Crippen LogP) is 5.10. The average molecular weight is 412 g/mol. The van der Waals surface area contributed by atoms with E-state index in [0.717, 1.165) is 31.6 Å². The van der Waals surface area contributed by atoms with Gasteiger partial charge in [0.15, 0.2) is 0 Å². The van der Waals surface area contributed by atoms with Gasteiger partial charge in [0.2, 0.25) is 0 Å². The van der Waals surface area contributed by atoms with E-state index in [2.05, 4.69) is 76.2 Å². The third kappa shape index (κ3) is 4.21. The van der Waals surface area contributed by atoms with Crippen LogP contribution in [0.3, 0.4) is 0 Å². The standard InChI is InChI=1S/C27H29N3O/c31-27(28-23-14-8-3-9-15-23)29-25-22-16-18-30(19-17-22)26(25)24(20-10-4-1-5-11-20)21-12-6-2-7-13-21/h1-15,22,24-26H,16-19H2,(H2,28,29,31)/t25-,26-/m0/s1. The fourth-order valence-electron chi connectivity index (χ4n) is 5.45. The van der Waals surface area contributed by atoms with Crippen LogP contribution in [0.5, 0.6) is 0 Å². The lowest BCUT2D eigenvalue weighted by atomic mass is 9.70. The number of amides is 2. The SMILES string of the molecule is O=C(Nc1ccccc1)N[C@H]1C2CCN(CC2)[C@H]1C(c1ccccc1)c1ccccc1. The maximum Gasteiger partial charge on any atom is 0.319 e. The van der Waals surface area contributed by atoms with E-state index in [1.165, 1.54) is 11.1 Å². The van der Waals surface area contributed by atoms with Crippen LogP contribution in [0.2, 0.25) is 0 Å². The van der Waals surface area contributed by atoms with E-state index in [0.29, 0.717) is 5.92 Å². The molecule has 4 nitrogen and oxygen atoms in total. The maximum absolute atomic E-state index is 13.0. The first kappa shape index (κ1) is 19.8. The zero-order valence-corrected chi connectivity index (χ0v) is 17.7. The molecule has 2 amide bonds. The molecule has 0 aliphatic carbocycles. The lowest BCUT2D eigenvalue weighted by Gasteiger charge is -2.54. The van der Waals surface area contributed by atoms with Crippen molar-refractivity contribution in [3.63, 3.8) is 0 Å². The third-order valence-corrected chi connectivity index (χ3v) is 6.86. The monoisotopic (exact) mass is 411 g/mol. The molecule has 3 saturated heterocycles. The molecule has 0 radical (unpaired) electrons. The molecule has 2 N–H and O–H groups in total.